The molecule has 2 saturated heterocycles. The van der Waals surface area contributed by atoms with E-state index in [9.17, 15) is 4.79 Å². The lowest BCUT2D eigenvalue weighted by Gasteiger charge is -2.47. The quantitative estimate of drug-likeness (QED) is 0.867. The standard InChI is InChI=1S/C14H17NO2/c16-14(17)13-3-1-2-10(6-13)7-15-8-11-4-12(5-11)9-15/h1-3,6,11-12H,4-5,7-9H2,(H,16,17). The fourth-order valence-corrected chi connectivity index (χ4v) is 3.17. The molecule has 0 unspecified atom stereocenters. The molecule has 3 nitrogen and oxygen atoms in total. The third-order valence-electron chi connectivity index (χ3n) is 3.95. The Kier molecular flexibility index (Phi) is 2.63. The van der Waals surface area contributed by atoms with Crippen LogP contribution < -0.4 is 0 Å². The molecule has 4 rings (SSSR count). The van der Waals surface area contributed by atoms with Gasteiger partial charge in [0.15, 0.2) is 0 Å². The number of carboxylic acids is 1. The van der Waals surface area contributed by atoms with E-state index < -0.39 is 5.97 Å². The second-order valence-corrected chi connectivity index (χ2v) is 5.40. The van der Waals surface area contributed by atoms with Crippen LogP contribution in [0.3, 0.4) is 0 Å². The molecular formula is C14H17NO2. The van der Waals surface area contributed by atoms with Gasteiger partial charge in [0.2, 0.25) is 0 Å². The average molecular weight is 231 g/mol. The van der Waals surface area contributed by atoms with Crippen LogP contribution in [-0.4, -0.2) is 29.1 Å². The highest BCUT2D eigenvalue weighted by molar-refractivity contribution is 5.87. The molecule has 2 heterocycles. The summed E-state index contributed by atoms with van der Waals surface area (Å²) in [6.07, 6.45) is 2.82. The number of aromatic carboxylic acids is 1. The normalized spacial score (nSPS) is 27.5. The van der Waals surface area contributed by atoms with Crippen molar-refractivity contribution in [1.29, 1.82) is 0 Å². The molecule has 0 atom stereocenters. The summed E-state index contributed by atoms with van der Waals surface area (Å²) in [4.78, 5) is 13.4. The van der Waals surface area contributed by atoms with E-state index in [1.807, 2.05) is 12.1 Å². The SMILES string of the molecule is O=C(O)c1cccc(CN2CC3CC(C3)C2)c1. The van der Waals surface area contributed by atoms with Gasteiger partial charge < -0.3 is 5.11 Å². The summed E-state index contributed by atoms with van der Waals surface area (Å²) in [7, 11) is 0. The first-order chi connectivity index (χ1) is 8.20. The highest BCUT2D eigenvalue weighted by Gasteiger charge is 2.36. The molecule has 0 radical (unpaired) electrons. The minimum Gasteiger partial charge on any atom is -0.478 e. The van der Waals surface area contributed by atoms with Crippen molar-refractivity contribution in [2.45, 2.75) is 19.4 Å². The van der Waals surface area contributed by atoms with Gasteiger partial charge in [0, 0.05) is 19.6 Å². The summed E-state index contributed by atoms with van der Waals surface area (Å²) in [6, 6.07) is 7.30. The van der Waals surface area contributed by atoms with Gasteiger partial charge in [-0.2, -0.15) is 0 Å². The van der Waals surface area contributed by atoms with Crippen LogP contribution in [0, 0.1) is 11.8 Å². The Bertz CT molecular complexity index is 428. The van der Waals surface area contributed by atoms with E-state index >= 15 is 0 Å². The van der Waals surface area contributed by atoms with Crippen LogP contribution in [0.2, 0.25) is 0 Å². The number of hydrogen-bond acceptors (Lipinski definition) is 2. The molecule has 2 aliphatic heterocycles. The molecule has 17 heavy (non-hydrogen) atoms. The van der Waals surface area contributed by atoms with Gasteiger partial charge in [0.05, 0.1) is 5.56 Å². The fraction of sp³-hybridized carbons (Fsp3) is 0.500. The van der Waals surface area contributed by atoms with Crippen molar-refractivity contribution in [3.63, 3.8) is 0 Å². The van der Waals surface area contributed by atoms with Crippen LogP contribution >= 0.6 is 0 Å². The molecule has 0 spiro atoms. The first-order valence-corrected chi connectivity index (χ1v) is 6.25. The van der Waals surface area contributed by atoms with Gasteiger partial charge in [0.25, 0.3) is 0 Å². The van der Waals surface area contributed by atoms with E-state index in [-0.39, 0.29) is 0 Å². The molecule has 1 N–H and O–H groups in total. The van der Waals surface area contributed by atoms with E-state index in [4.69, 9.17) is 5.11 Å². The molecule has 90 valence electrons. The summed E-state index contributed by atoms with van der Waals surface area (Å²) in [5.74, 6) is 0.959. The van der Waals surface area contributed by atoms with Crippen molar-refractivity contribution in [2.24, 2.45) is 11.8 Å². The third kappa shape index (κ3) is 2.20. The topological polar surface area (TPSA) is 40.5 Å². The van der Waals surface area contributed by atoms with Gasteiger partial charge in [-0.25, -0.2) is 4.79 Å². The highest BCUT2D eigenvalue weighted by Crippen LogP contribution is 2.39. The van der Waals surface area contributed by atoms with E-state index in [2.05, 4.69) is 4.90 Å². The molecule has 3 aliphatic rings. The van der Waals surface area contributed by atoms with Crippen molar-refractivity contribution in [3.8, 4) is 0 Å². The van der Waals surface area contributed by atoms with Crippen LogP contribution in [-0.2, 0) is 6.54 Å². The van der Waals surface area contributed by atoms with Crippen molar-refractivity contribution in [3.05, 3.63) is 35.4 Å². The Balaban J connectivity index is 1.68. The maximum Gasteiger partial charge on any atom is 0.335 e. The Labute approximate surface area is 101 Å². The smallest absolute Gasteiger partial charge is 0.335 e. The molecule has 2 bridgehead atoms. The van der Waals surface area contributed by atoms with Crippen molar-refractivity contribution < 1.29 is 9.90 Å². The first-order valence-electron chi connectivity index (χ1n) is 6.25. The van der Waals surface area contributed by atoms with Gasteiger partial charge in [-0.1, -0.05) is 12.1 Å². The Morgan fingerprint density at radius 3 is 2.65 bits per heavy atom. The van der Waals surface area contributed by atoms with Crippen LogP contribution in [0.5, 0.6) is 0 Å². The molecule has 3 heteroatoms. The van der Waals surface area contributed by atoms with Gasteiger partial charge in [-0.05, 0) is 42.4 Å². The number of nitrogens with zero attached hydrogens (tertiary/aromatic N) is 1. The Morgan fingerprint density at radius 1 is 1.29 bits per heavy atom. The molecule has 1 aromatic carbocycles. The Hall–Kier alpha value is -1.35. The van der Waals surface area contributed by atoms with Crippen LogP contribution in [0.15, 0.2) is 24.3 Å². The van der Waals surface area contributed by atoms with Gasteiger partial charge in [-0.3, -0.25) is 4.90 Å². The van der Waals surface area contributed by atoms with E-state index in [0.717, 1.165) is 23.9 Å². The van der Waals surface area contributed by atoms with Crippen molar-refractivity contribution in [2.75, 3.05) is 13.1 Å². The fourth-order valence-electron chi connectivity index (χ4n) is 3.17. The zero-order valence-corrected chi connectivity index (χ0v) is 9.80. The number of rotatable bonds is 3. The maximum atomic E-state index is 10.9. The number of carboxylic acid groups (broad SMARTS) is 1. The first kappa shape index (κ1) is 10.8. The molecule has 0 aromatic heterocycles. The molecule has 1 aromatic rings. The minimum atomic E-state index is -0.839. The molecule has 1 saturated carbocycles. The number of benzene rings is 1. The molecule has 3 fully saturated rings. The summed E-state index contributed by atoms with van der Waals surface area (Å²) in [5, 5.41) is 8.95. The van der Waals surface area contributed by atoms with E-state index in [1.54, 1.807) is 12.1 Å². The second-order valence-electron chi connectivity index (χ2n) is 5.40. The van der Waals surface area contributed by atoms with Crippen molar-refractivity contribution >= 4 is 5.97 Å². The lowest BCUT2D eigenvalue weighted by atomic mass is 9.71. The number of fused-ring (bicyclic) bond motifs is 2. The Morgan fingerprint density at radius 2 is 2.00 bits per heavy atom. The van der Waals surface area contributed by atoms with Gasteiger partial charge in [0.1, 0.15) is 0 Å². The predicted molar refractivity (Wildman–Crippen MR) is 64.9 cm³/mol. The van der Waals surface area contributed by atoms with Crippen molar-refractivity contribution in [1.82, 2.24) is 4.90 Å². The summed E-state index contributed by atoms with van der Waals surface area (Å²) < 4.78 is 0. The van der Waals surface area contributed by atoms with Crippen LogP contribution in [0.1, 0.15) is 28.8 Å². The number of piperidine rings is 2. The maximum absolute atomic E-state index is 10.9. The summed E-state index contributed by atoms with van der Waals surface area (Å²) >= 11 is 0. The molecule has 1 aliphatic carbocycles. The van der Waals surface area contributed by atoms with Crippen LogP contribution in [0.25, 0.3) is 0 Å². The van der Waals surface area contributed by atoms with Gasteiger partial charge in [-0.15, -0.1) is 0 Å². The number of hydrogen-bond donors (Lipinski definition) is 1. The van der Waals surface area contributed by atoms with Gasteiger partial charge >= 0.3 is 5.97 Å². The third-order valence-corrected chi connectivity index (χ3v) is 3.95. The lowest BCUT2D eigenvalue weighted by Crippen LogP contribution is -2.47. The predicted octanol–water partition coefficient (Wildman–Crippen LogP) is 2.23. The minimum absolute atomic E-state index is 0.393. The molecule has 0 amide bonds. The summed E-state index contributed by atoms with van der Waals surface area (Å²) in [6.45, 7) is 3.27. The second kappa shape index (κ2) is 4.15. The summed E-state index contributed by atoms with van der Waals surface area (Å²) in [5.41, 5.74) is 1.51. The lowest BCUT2D eigenvalue weighted by molar-refractivity contribution is 0.0228. The average Bonchev–Trinajstić information content (AvgIpc) is 2.28. The molecular weight excluding hydrogens is 214 g/mol. The highest BCUT2D eigenvalue weighted by atomic mass is 16.4. The zero-order valence-electron chi connectivity index (χ0n) is 9.80. The largest absolute Gasteiger partial charge is 0.478 e. The monoisotopic (exact) mass is 231 g/mol. The van der Waals surface area contributed by atoms with E-state index in [1.165, 1.54) is 25.9 Å². The zero-order chi connectivity index (χ0) is 11.8. The van der Waals surface area contributed by atoms with Crippen LogP contribution in [0.4, 0.5) is 0 Å². The number of carbonyl (C=O) groups is 1. The van der Waals surface area contributed by atoms with E-state index in [0.29, 0.717) is 5.56 Å².